The fourth-order valence-electron chi connectivity index (χ4n) is 2.23. The van der Waals surface area contributed by atoms with Crippen molar-refractivity contribution in [3.8, 4) is 5.75 Å². The van der Waals surface area contributed by atoms with Crippen LogP contribution in [0.2, 0.25) is 0 Å². The molecular weight excluding hydrogens is 274 g/mol. The standard InChI is InChI=1S/C19H21NO2/c1-4-5-16-12-17(10-11-18(16)22-3)19(21)20-13-15-8-6-14(2)7-9-15/h4,6-12H,1,5,13H2,2-3H3,(H,20,21). The highest BCUT2D eigenvalue weighted by molar-refractivity contribution is 5.94. The normalized spacial score (nSPS) is 10.1. The van der Waals surface area contributed by atoms with Gasteiger partial charge in [-0.1, -0.05) is 35.9 Å². The van der Waals surface area contributed by atoms with Crippen LogP contribution < -0.4 is 10.1 Å². The Balaban J connectivity index is 2.07. The Morgan fingerprint density at radius 3 is 2.59 bits per heavy atom. The number of allylic oxidation sites excluding steroid dienone is 1. The lowest BCUT2D eigenvalue weighted by molar-refractivity contribution is 0.0951. The van der Waals surface area contributed by atoms with Gasteiger partial charge in [-0.05, 0) is 42.7 Å². The Kier molecular flexibility index (Phi) is 5.37. The van der Waals surface area contributed by atoms with Gasteiger partial charge in [0.05, 0.1) is 7.11 Å². The smallest absolute Gasteiger partial charge is 0.251 e. The molecule has 0 saturated carbocycles. The summed E-state index contributed by atoms with van der Waals surface area (Å²) in [6.45, 7) is 6.29. The zero-order chi connectivity index (χ0) is 15.9. The van der Waals surface area contributed by atoms with Gasteiger partial charge < -0.3 is 10.1 Å². The first-order chi connectivity index (χ1) is 10.6. The largest absolute Gasteiger partial charge is 0.496 e. The highest BCUT2D eigenvalue weighted by Crippen LogP contribution is 2.20. The number of hydrogen-bond donors (Lipinski definition) is 1. The van der Waals surface area contributed by atoms with E-state index in [-0.39, 0.29) is 5.91 Å². The maximum absolute atomic E-state index is 12.3. The zero-order valence-corrected chi connectivity index (χ0v) is 13.1. The molecule has 3 nitrogen and oxygen atoms in total. The fraction of sp³-hybridized carbons (Fsp3) is 0.211. The summed E-state index contributed by atoms with van der Waals surface area (Å²) in [5.74, 6) is 0.684. The monoisotopic (exact) mass is 295 g/mol. The van der Waals surface area contributed by atoms with E-state index in [2.05, 4.69) is 11.9 Å². The van der Waals surface area contributed by atoms with E-state index in [9.17, 15) is 4.79 Å². The lowest BCUT2D eigenvalue weighted by Crippen LogP contribution is -2.22. The molecule has 0 aliphatic heterocycles. The first-order valence-electron chi connectivity index (χ1n) is 7.25. The van der Waals surface area contributed by atoms with Gasteiger partial charge in [0.25, 0.3) is 5.91 Å². The van der Waals surface area contributed by atoms with Crippen molar-refractivity contribution in [2.75, 3.05) is 7.11 Å². The van der Waals surface area contributed by atoms with Crippen LogP contribution in [0, 0.1) is 6.92 Å². The van der Waals surface area contributed by atoms with Crippen LogP contribution >= 0.6 is 0 Å². The molecule has 0 unspecified atom stereocenters. The third-order valence-electron chi connectivity index (χ3n) is 3.48. The summed E-state index contributed by atoms with van der Waals surface area (Å²) in [7, 11) is 1.62. The van der Waals surface area contributed by atoms with E-state index in [4.69, 9.17) is 4.74 Å². The van der Waals surface area contributed by atoms with Crippen LogP contribution in [0.4, 0.5) is 0 Å². The Morgan fingerprint density at radius 2 is 1.95 bits per heavy atom. The highest BCUT2D eigenvalue weighted by atomic mass is 16.5. The molecule has 0 fully saturated rings. The Labute approximate surface area is 131 Å². The SMILES string of the molecule is C=CCc1cc(C(=O)NCc2ccc(C)cc2)ccc1OC. The van der Waals surface area contributed by atoms with E-state index in [1.807, 2.05) is 43.3 Å². The number of ether oxygens (including phenoxy) is 1. The van der Waals surface area contributed by atoms with Crippen LogP contribution in [0.5, 0.6) is 5.75 Å². The summed E-state index contributed by atoms with van der Waals surface area (Å²) < 4.78 is 5.29. The molecule has 114 valence electrons. The van der Waals surface area contributed by atoms with Gasteiger partial charge in [0.1, 0.15) is 5.75 Å². The number of rotatable bonds is 6. The van der Waals surface area contributed by atoms with Gasteiger partial charge in [-0.2, -0.15) is 0 Å². The second kappa shape index (κ2) is 7.46. The van der Waals surface area contributed by atoms with Crippen LogP contribution in [0.1, 0.15) is 27.0 Å². The molecule has 0 aliphatic rings. The third kappa shape index (κ3) is 3.98. The molecule has 0 aliphatic carbocycles. The van der Waals surface area contributed by atoms with Crippen molar-refractivity contribution in [2.45, 2.75) is 19.9 Å². The number of benzene rings is 2. The molecule has 3 heteroatoms. The first-order valence-corrected chi connectivity index (χ1v) is 7.25. The molecule has 1 amide bonds. The first kappa shape index (κ1) is 15.8. The average Bonchev–Trinajstić information content (AvgIpc) is 2.54. The molecule has 0 bridgehead atoms. The highest BCUT2D eigenvalue weighted by Gasteiger charge is 2.09. The van der Waals surface area contributed by atoms with Crippen LogP contribution in [-0.2, 0) is 13.0 Å². The summed E-state index contributed by atoms with van der Waals surface area (Å²) in [4.78, 5) is 12.3. The molecule has 2 aromatic rings. The minimum absolute atomic E-state index is 0.0893. The maximum Gasteiger partial charge on any atom is 0.251 e. The number of aryl methyl sites for hydroxylation is 1. The second-order valence-electron chi connectivity index (χ2n) is 5.19. The molecule has 0 aromatic heterocycles. The summed E-state index contributed by atoms with van der Waals surface area (Å²) in [6.07, 6.45) is 2.47. The van der Waals surface area contributed by atoms with Crippen LogP contribution in [0.3, 0.4) is 0 Å². The fourth-order valence-corrected chi connectivity index (χ4v) is 2.23. The quantitative estimate of drug-likeness (QED) is 0.826. The maximum atomic E-state index is 12.3. The second-order valence-corrected chi connectivity index (χ2v) is 5.19. The van der Waals surface area contributed by atoms with E-state index in [0.29, 0.717) is 18.5 Å². The van der Waals surface area contributed by atoms with Crippen molar-refractivity contribution in [3.63, 3.8) is 0 Å². The average molecular weight is 295 g/mol. The minimum atomic E-state index is -0.0893. The van der Waals surface area contributed by atoms with Gasteiger partial charge >= 0.3 is 0 Å². The van der Waals surface area contributed by atoms with Crippen LogP contribution in [-0.4, -0.2) is 13.0 Å². The van der Waals surface area contributed by atoms with E-state index in [1.54, 1.807) is 19.3 Å². The van der Waals surface area contributed by atoms with Gasteiger partial charge in [-0.3, -0.25) is 4.79 Å². The zero-order valence-electron chi connectivity index (χ0n) is 13.1. The lowest BCUT2D eigenvalue weighted by atomic mass is 10.1. The summed E-state index contributed by atoms with van der Waals surface area (Å²) in [5, 5.41) is 2.94. The summed E-state index contributed by atoms with van der Waals surface area (Å²) >= 11 is 0. The molecule has 0 heterocycles. The van der Waals surface area contributed by atoms with Gasteiger partial charge in [0, 0.05) is 12.1 Å². The topological polar surface area (TPSA) is 38.3 Å². The van der Waals surface area contributed by atoms with Crippen LogP contribution in [0.25, 0.3) is 0 Å². The molecule has 1 N–H and O–H groups in total. The van der Waals surface area contributed by atoms with Crippen molar-refractivity contribution in [3.05, 3.63) is 77.4 Å². The van der Waals surface area contributed by atoms with Crippen molar-refractivity contribution >= 4 is 5.91 Å². The molecule has 0 saturated heterocycles. The molecule has 2 aromatic carbocycles. The van der Waals surface area contributed by atoms with E-state index in [0.717, 1.165) is 16.9 Å². The molecule has 0 radical (unpaired) electrons. The van der Waals surface area contributed by atoms with Crippen molar-refractivity contribution in [1.82, 2.24) is 5.32 Å². The summed E-state index contributed by atoms with van der Waals surface area (Å²) in [5.41, 5.74) is 3.88. The third-order valence-corrected chi connectivity index (χ3v) is 3.48. The van der Waals surface area contributed by atoms with Gasteiger partial charge in [0.15, 0.2) is 0 Å². The minimum Gasteiger partial charge on any atom is -0.496 e. The van der Waals surface area contributed by atoms with Gasteiger partial charge in [-0.15, -0.1) is 6.58 Å². The molecule has 2 rings (SSSR count). The Hall–Kier alpha value is -2.55. The number of nitrogens with one attached hydrogen (secondary N) is 1. The van der Waals surface area contributed by atoms with Crippen molar-refractivity contribution in [1.29, 1.82) is 0 Å². The number of hydrogen-bond acceptors (Lipinski definition) is 2. The Bertz CT molecular complexity index is 660. The molecule has 22 heavy (non-hydrogen) atoms. The predicted molar refractivity (Wildman–Crippen MR) is 89.2 cm³/mol. The van der Waals surface area contributed by atoms with E-state index in [1.165, 1.54) is 5.56 Å². The number of carbonyl (C=O) groups excluding carboxylic acids is 1. The lowest BCUT2D eigenvalue weighted by Gasteiger charge is -2.10. The number of amides is 1. The van der Waals surface area contributed by atoms with Gasteiger partial charge in [-0.25, -0.2) is 0 Å². The van der Waals surface area contributed by atoms with Crippen molar-refractivity contribution in [2.24, 2.45) is 0 Å². The van der Waals surface area contributed by atoms with E-state index < -0.39 is 0 Å². The number of methoxy groups -OCH3 is 1. The predicted octanol–water partition coefficient (Wildman–Crippen LogP) is 3.66. The van der Waals surface area contributed by atoms with Crippen LogP contribution in [0.15, 0.2) is 55.1 Å². The Morgan fingerprint density at radius 1 is 1.23 bits per heavy atom. The van der Waals surface area contributed by atoms with Crippen molar-refractivity contribution < 1.29 is 9.53 Å². The molecule has 0 spiro atoms. The van der Waals surface area contributed by atoms with E-state index >= 15 is 0 Å². The van der Waals surface area contributed by atoms with Gasteiger partial charge in [0.2, 0.25) is 0 Å². The summed E-state index contributed by atoms with van der Waals surface area (Å²) in [6, 6.07) is 13.6. The number of carbonyl (C=O) groups is 1. The molecular formula is C19H21NO2. The molecule has 0 atom stereocenters.